The molecular weight excluding hydrogens is 640 g/mol. The highest BCUT2D eigenvalue weighted by atomic mass is 35.5. The van der Waals surface area contributed by atoms with Crippen molar-refractivity contribution in [2.75, 3.05) is 51.0 Å². The number of benzene rings is 3. The Morgan fingerprint density at radius 1 is 0.938 bits per heavy atom. The van der Waals surface area contributed by atoms with Crippen LogP contribution in [-0.4, -0.2) is 91.6 Å². The molecule has 0 spiro atoms. The number of benzodiazepines with no additional fused rings is 1. The lowest BCUT2D eigenvalue weighted by atomic mass is 9.99. The zero-order valence-electron chi connectivity index (χ0n) is 26.7. The van der Waals surface area contributed by atoms with Gasteiger partial charge in [0.15, 0.2) is 11.5 Å². The van der Waals surface area contributed by atoms with Gasteiger partial charge in [0.25, 0.3) is 5.91 Å². The number of phenolic OH excluding ortho intramolecular Hbond substituents is 2. The molecule has 13 nitrogen and oxygen atoms in total. The molecule has 0 fully saturated rings. The number of nitrogens with zero attached hydrogens (tertiary/aromatic N) is 2. The number of aliphatic imine (C=N–C) groups is 1. The lowest BCUT2D eigenvalue weighted by molar-refractivity contribution is -0.121. The first kappa shape index (κ1) is 35.9. The Kier molecular flexibility index (Phi) is 12.9. The number of hydrogen-bond donors (Lipinski definition) is 6. The van der Waals surface area contributed by atoms with Crippen molar-refractivity contribution in [1.29, 1.82) is 10.8 Å². The summed E-state index contributed by atoms with van der Waals surface area (Å²) in [5.41, 5.74) is 2.70. The smallest absolute Gasteiger partial charge is 0.251 e. The molecule has 6 N–H and O–H groups in total. The Morgan fingerprint density at radius 3 is 2.33 bits per heavy atom. The molecule has 4 rings (SSSR count). The third-order valence-corrected chi connectivity index (χ3v) is 7.40. The highest BCUT2D eigenvalue weighted by Gasteiger charge is 2.32. The number of phenols is 2. The number of ether oxygens (including phenoxy) is 3. The molecule has 3 aromatic carbocycles. The molecule has 0 aromatic heterocycles. The van der Waals surface area contributed by atoms with Crippen LogP contribution >= 0.6 is 11.6 Å². The number of carbonyl (C=O) groups excluding carboxylic acids is 2. The summed E-state index contributed by atoms with van der Waals surface area (Å²) in [4.78, 5) is 31.1. The monoisotopic (exact) mass is 678 g/mol. The Balaban J connectivity index is 1.34. The van der Waals surface area contributed by atoms with E-state index in [1.54, 1.807) is 37.3 Å². The SMILES string of the molecule is CCNC(=O)C[C@@H]1N=C(c2ccc(Cl)cc2)c2cc(OCCOCCOCCNC(=O)c3ccc(O)c(O)c3)ccc2N(C(C)=N)C1=N. The molecule has 1 heterocycles. The van der Waals surface area contributed by atoms with Crippen LogP contribution in [-0.2, 0) is 14.3 Å². The van der Waals surface area contributed by atoms with Crippen molar-refractivity contribution in [3.8, 4) is 17.2 Å². The van der Waals surface area contributed by atoms with Gasteiger partial charge in [-0.05, 0) is 62.4 Å². The van der Waals surface area contributed by atoms with Gasteiger partial charge < -0.3 is 35.1 Å². The van der Waals surface area contributed by atoms with Crippen molar-refractivity contribution in [3.63, 3.8) is 0 Å². The summed E-state index contributed by atoms with van der Waals surface area (Å²) in [5, 5.41) is 42.3. The van der Waals surface area contributed by atoms with Crippen LogP contribution in [0.25, 0.3) is 0 Å². The number of halogens is 1. The number of aromatic hydroxyl groups is 2. The van der Waals surface area contributed by atoms with Crippen molar-refractivity contribution in [3.05, 3.63) is 82.4 Å². The number of rotatable bonds is 15. The number of amides is 2. The second kappa shape index (κ2) is 17.3. The van der Waals surface area contributed by atoms with Gasteiger partial charge in [-0.2, -0.15) is 0 Å². The summed E-state index contributed by atoms with van der Waals surface area (Å²) >= 11 is 6.16. The van der Waals surface area contributed by atoms with Crippen molar-refractivity contribution in [1.82, 2.24) is 10.6 Å². The second-order valence-electron chi connectivity index (χ2n) is 10.7. The predicted molar refractivity (Wildman–Crippen MR) is 183 cm³/mol. The van der Waals surface area contributed by atoms with Gasteiger partial charge in [-0.15, -0.1) is 0 Å². The molecule has 1 aliphatic rings. The Hall–Kier alpha value is -4.98. The molecule has 0 saturated heterocycles. The van der Waals surface area contributed by atoms with Gasteiger partial charge in [-0.1, -0.05) is 23.7 Å². The first-order valence-electron chi connectivity index (χ1n) is 15.4. The summed E-state index contributed by atoms with van der Waals surface area (Å²) in [6.45, 7) is 5.51. The molecule has 3 aromatic rings. The van der Waals surface area contributed by atoms with E-state index in [9.17, 15) is 19.8 Å². The van der Waals surface area contributed by atoms with E-state index in [0.29, 0.717) is 47.5 Å². The largest absolute Gasteiger partial charge is 0.504 e. The quantitative estimate of drug-likeness (QED) is 0.0599. The fourth-order valence-electron chi connectivity index (χ4n) is 4.89. The molecule has 1 aliphatic heterocycles. The molecule has 0 aliphatic carbocycles. The predicted octanol–water partition coefficient (Wildman–Crippen LogP) is 4.12. The van der Waals surface area contributed by atoms with Crippen LogP contribution in [0.5, 0.6) is 17.2 Å². The standard InChI is InChI=1S/C34H39ClN6O7/c1-3-38-31(44)20-27-33(37)41(21(2)36)28-10-9-25(19-26(28)32(40-27)22-4-7-24(35)8-5-22)48-17-16-47-15-14-46-13-12-39-34(45)23-6-11-29(42)30(43)18-23/h4-11,18-19,27,36-37,42-43H,3,12-17,20H2,1-2H3,(H,38,44)(H,39,45)/t27-/m0/s1. The maximum atomic E-state index is 12.6. The number of hydrogen-bond acceptors (Lipinski definition) is 10. The fourth-order valence-corrected chi connectivity index (χ4v) is 5.01. The highest BCUT2D eigenvalue weighted by Crippen LogP contribution is 2.33. The van der Waals surface area contributed by atoms with E-state index in [2.05, 4.69) is 10.6 Å². The van der Waals surface area contributed by atoms with E-state index in [0.717, 1.165) is 5.56 Å². The van der Waals surface area contributed by atoms with E-state index in [-0.39, 0.29) is 67.4 Å². The van der Waals surface area contributed by atoms with Crippen LogP contribution in [0.2, 0.25) is 5.02 Å². The van der Waals surface area contributed by atoms with E-state index < -0.39 is 11.9 Å². The van der Waals surface area contributed by atoms with Crippen molar-refractivity contribution in [2.24, 2.45) is 4.99 Å². The molecule has 0 bridgehead atoms. The number of carbonyl (C=O) groups is 2. The summed E-state index contributed by atoms with van der Waals surface area (Å²) in [7, 11) is 0. The van der Waals surface area contributed by atoms with Crippen LogP contribution in [0.3, 0.4) is 0 Å². The maximum Gasteiger partial charge on any atom is 0.251 e. The first-order chi connectivity index (χ1) is 23.1. The van der Waals surface area contributed by atoms with E-state index in [1.807, 2.05) is 19.1 Å². The van der Waals surface area contributed by atoms with Gasteiger partial charge in [-0.25, -0.2) is 0 Å². The van der Waals surface area contributed by atoms with Gasteiger partial charge in [0.2, 0.25) is 5.91 Å². The van der Waals surface area contributed by atoms with Crippen molar-refractivity contribution < 1.29 is 34.0 Å². The molecule has 1 atom stereocenters. The average molecular weight is 679 g/mol. The van der Waals surface area contributed by atoms with Crippen LogP contribution < -0.4 is 20.3 Å². The molecule has 0 radical (unpaired) electrons. The second-order valence-corrected chi connectivity index (χ2v) is 11.1. The molecular formula is C34H39ClN6O7. The normalized spacial score (nSPS) is 14.1. The summed E-state index contributed by atoms with van der Waals surface area (Å²) in [5.74, 6) is -0.648. The van der Waals surface area contributed by atoms with E-state index in [1.165, 1.54) is 23.1 Å². The zero-order valence-corrected chi connectivity index (χ0v) is 27.5. The van der Waals surface area contributed by atoms with Gasteiger partial charge in [0.1, 0.15) is 30.1 Å². The summed E-state index contributed by atoms with van der Waals surface area (Å²) in [6.07, 6.45) is -0.0498. The lowest BCUT2D eigenvalue weighted by Gasteiger charge is -2.26. The first-order valence-corrected chi connectivity index (χ1v) is 15.7. The third-order valence-electron chi connectivity index (χ3n) is 7.15. The van der Waals surface area contributed by atoms with Crippen LogP contribution in [0.1, 0.15) is 41.8 Å². The van der Waals surface area contributed by atoms with E-state index in [4.69, 9.17) is 41.6 Å². The molecule has 14 heteroatoms. The Labute approximate surface area is 283 Å². The van der Waals surface area contributed by atoms with Crippen molar-refractivity contribution >= 4 is 46.5 Å². The van der Waals surface area contributed by atoms with Crippen molar-refractivity contribution in [2.45, 2.75) is 26.3 Å². The Bertz CT molecular complexity index is 1660. The lowest BCUT2D eigenvalue weighted by Crippen LogP contribution is -2.42. The number of anilines is 1. The fraction of sp³-hybridized carbons (Fsp3) is 0.324. The molecule has 2 amide bonds. The highest BCUT2D eigenvalue weighted by molar-refractivity contribution is 6.31. The number of amidine groups is 2. The minimum absolute atomic E-state index is 0.0169. The molecule has 0 saturated carbocycles. The van der Waals surface area contributed by atoms with Gasteiger partial charge in [0.05, 0.1) is 44.2 Å². The van der Waals surface area contributed by atoms with Gasteiger partial charge in [-0.3, -0.25) is 30.3 Å². The third kappa shape index (κ3) is 9.53. The van der Waals surface area contributed by atoms with Gasteiger partial charge in [0, 0.05) is 34.8 Å². The van der Waals surface area contributed by atoms with Crippen LogP contribution in [0.4, 0.5) is 5.69 Å². The minimum Gasteiger partial charge on any atom is -0.504 e. The topological polar surface area (TPSA) is 190 Å². The summed E-state index contributed by atoms with van der Waals surface area (Å²) in [6, 6.07) is 15.5. The van der Waals surface area contributed by atoms with Gasteiger partial charge >= 0.3 is 0 Å². The van der Waals surface area contributed by atoms with E-state index >= 15 is 0 Å². The zero-order chi connectivity index (χ0) is 34.6. The average Bonchev–Trinajstić information content (AvgIpc) is 3.17. The molecule has 48 heavy (non-hydrogen) atoms. The Morgan fingerprint density at radius 2 is 1.65 bits per heavy atom. The molecule has 254 valence electrons. The van der Waals surface area contributed by atoms with Crippen LogP contribution in [0.15, 0.2) is 65.7 Å². The minimum atomic E-state index is -0.833. The number of fused-ring (bicyclic) bond motifs is 1. The maximum absolute atomic E-state index is 12.6. The molecule has 0 unspecified atom stereocenters. The van der Waals surface area contributed by atoms with Crippen LogP contribution in [0, 0.1) is 10.8 Å². The summed E-state index contributed by atoms with van der Waals surface area (Å²) < 4.78 is 17.1. The number of nitrogens with one attached hydrogen (secondary N) is 4.